The minimum absolute atomic E-state index is 0.197. The van der Waals surface area contributed by atoms with E-state index in [1.165, 1.54) is 7.11 Å². The topological polar surface area (TPSA) is 66.2 Å². The fraction of sp³-hybridized carbons (Fsp3) is 0.400. The third-order valence-corrected chi connectivity index (χ3v) is 3.01. The smallest absolute Gasteiger partial charge is 0.360 e. The Balaban J connectivity index is 2.62. The molecule has 2 rings (SSSR count). The van der Waals surface area contributed by atoms with E-state index >= 15 is 0 Å². The van der Waals surface area contributed by atoms with Gasteiger partial charge in [0, 0.05) is 12.1 Å². The lowest BCUT2D eigenvalue weighted by atomic mass is 10.1. The Labute approximate surface area is 123 Å². The fourth-order valence-electron chi connectivity index (χ4n) is 2.13. The first-order valence-electron chi connectivity index (χ1n) is 6.73. The van der Waals surface area contributed by atoms with Crippen molar-refractivity contribution in [3.8, 4) is 17.0 Å². The molecule has 0 atom stereocenters. The number of rotatable bonds is 5. The number of para-hydroxylation sites is 1. The number of methoxy groups -OCH3 is 2. The van der Waals surface area contributed by atoms with E-state index in [1.807, 2.05) is 24.3 Å². The lowest BCUT2D eigenvalue weighted by Crippen LogP contribution is -2.10. The summed E-state index contributed by atoms with van der Waals surface area (Å²) in [5, 5.41) is 8.06. The van der Waals surface area contributed by atoms with Gasteiger partial charge in [0.2, 0.25) is 0 Å². The molecule has 0 fully saturated rings. The highest BCUT2D eigenvalue weighted by atomic mass is 16.5. The average Bonchev–Trinajstić information content (AvgIpc) is 2.89. The molecule has 0 amide bonds. The first-order chi connectivity index (χ1) is 10.1. The van der Waals surface area contributed by atoms with Crippen LogP contribution in [0.2, 0.25) is 0 Å². The largest absolute Gasteiger partial charge is 0.496 e. The third-order valence-electron chi connectivity index (χ3n) is 3.01. The van der Waals surface area contributed by atoms with Crippen LogP contribution < -0.4 is 4.74 Å². The number of hydrogen-bond acceptors (Lipinski definition) is 5. The monoisotopic (exact) mass is 289 g/mol. The van der Waals surface area contributed by atoms with Crippen molar-refractivity contribution in [1.82, 2.24) is 15.0 Å². The minimum atomic E-state index is -0.508. The lowest BCUT2D eigenvalue weighted by Gasteiger charge is -2.12. The number of nitrogens with zero attached hydrogens (tertiary/aromatic N) is 3. The second kappa shape index (κ2) is 6.39. The summed E-state index contributed by atoms with van der Waals surface area (Å²) in [6.45, 7) is 4.80. The van der Waals surface area contributed by atoms with Gasteiger partial charge in [0.15, 0.2) is 5.69 Å². The second-order valence-electron chi connectivity index (χ2n) is 5.05. The zero-order valence-electron chi connectivity index (χ0n) is 12.7. The quantitative estimate of drug-likeness (QED) is 0.791. The Bertz CT molecular complexity index is 635. The van der Waals surface area contributed by atoms with Crippen LogP contribution in [0.25, 0.3) is 11.3 Å². The summed E-state index contributed by atoms with van der Waals surface area (Å²) in [5.74, 6) is 0.520. The van der Waals surface area contributed by atoms with Crippen molar-refractivity contribution in [3.63, 3.8) is 0 Å². The molecule has 0 aliphatic carbocycles. The molecule has 0 N–H and O–H groups in total. The maximum atomic E-state index is 11.9. The molecule has 112 valence electrons. The third kappa shape index (κ3) is 3.04. The van der Waals surface area contributed by atoms with Gasteiger partial charge in [-0.1, -0.05) is 31.2 Å². The van der Waals surface area contributed by atoms with Crippen LogP contribution in [0.3, 0.4) is 0 Å². The Morgan fingerprint density at radius 1 is 1.29 bits per heavy atom. The standard InChI is InChI=1S/C15H19N3O3/c1-10(2)9-18-14(13(16-17-18)15(19)21-4)11-7-5-6-8-12(11)20-3/h5-8,10H,9H2,1-4H3. The van der Waals surface area contributed by atoms with Gasteiger partial charge >= 0.3 is 5.97 Å². The number of aromatic nitrogens is 3. The maximum absolute atomic E-state index is 11.9. The van der Waals surface area contributed by atoms with Gasteiger partial charge in [-0.25, -0.2) is 9.48 Å². The summed E-state index contributed by atoms with van der Waals surface area (Å²) in [6.07, 6.45) is 0. The van der Waals surface area contributed by atoms with Crippen molar-refractivity contribution in [2.24, 2.45) is 5.92 Å². The summed E-state index contributed by atoms with van der Waals surface area (Å²) < 4.78 is 11.9. The Hall–Kier alpha value is -2.37. The molecular formula is C15H19N3O3. The van der Waals surface area contributed by atoms with Crippen LogP contribution >= 0.6 is 0 Å². The Kier molecular flexibility index (Phi) is 4.57. The highest BCUT2D eigenvalue weighted by Gasteiger charge is 2.24. The number of benzene rings is 1. The number of carbonyl (C=O) groups excluding carboxylic acids is 1. The zero-order chi connectivity index (χ0) is 15.4. The van der Waals surface area contributed by atoms with E-state index in [0.29, 0.717) is 23.9 Å². The Morgan fingerprint density at radius 3 is 2.62 bits per heavy atom. The van der Waals surface area contributed by atoms with Gasteiger partial charge in [-0.3, -0.25) is 0 Å². The van der Waals surface area contributed by atoms with E-state index in [0.717, 1.165) is 5.56 Å². The van der Waals surface area contributed by atoms with Crippen molar-refractivity contribution in [2.45, 2.75) is 20.4 Å². The van der Waals surface area contributed by atoms with Crippen LogP contribution in [0, 0.1) is 5.92 Å². The molecule has 1 aromatic carbocycles. The van der Waals surface area contributed by atoms with E-state index in [9.17, 15) is 4.79 Å². The Morgan fingerprint density at radius 2 is 2.00 bits per heavy atom. The SMILES string of the molecule is COC(=O)c1nnn(CC(C)C)c1-c1ccccc1OC. The van der Waals surface area contributed by atoms with Crippen molar-refractivity contribution < 1.29 is 14.3 Å². The number of ether oxygens (including phenoxy) is 2. The van der Waals surface area contributed by atoms with Gasteiger partial charge in [0.1, 0.15) is 11.4 Å². The molecule has 1 aromatic heterocycles. The number of esters is 1. The second-order valence-corrected chi connectivity index (χ2v) is 5.05. The molecule has 0 bridgehead atoms. The van der Waals surface area contributed by atoms with Gasteiger partial charge in [0.05, 0.1) is 14.2 Å². The molecule has 21 heavy (non-hydrogen) atoms. The molecule has 0 spiro atoms. The molecule has 2 aromatic rings. The molecule has 0 saturated heterocycles. The van der Waals surface area contributed by atoms with Crippen molar-refractivity contribution in [1.29, 1.82) is 0 Å². The van der Waals surface area contributed by atoms with Crippen molar-refractivity contribution in [2.75, 3.05) is 14.2 Å². The van der Waals surface area contributed by atoms with E-state index in [-0.39, 0.29) is 5.69 Å². The summed E-state index contributed by atoms with van der Waals surface area (Å²) in [5.41, 5.74) is 1.58. The molecule has 0 unspecified atom stereocenters. The molecule has 6 nitrogen and oxygen atoms in total. The molecule has 0 aliphatic heterocycles. The van der Waals surface area contributed by atoms with Crippen LogP contribution in [0.4, 0.5) is 0 Å². The van der Waals surface area contributed by atoms with Gasteiger partial charge in [-0.15, -0.1) is 5.10 Å². The summed E-state index contributed by atoms with van der Waals surface area (Å²) in [6, 6.07) is 7.46. The minimum Gasteiger partial charge on any atom is -0.496 e. The first kappa shape index (κ1) is 15.0. The van der Waals surface area contributed by atoms with Crippen molar-refractivity contribution >= 4 is 5.97 Å². The number of hydrogen-bond donors (Lipinski definition) is 0. The number of carbonyl (C=O) groups is 1. The molecule has 6 heteroatoms. The van der Waals surface area contributed by atoms with Gasteiger partial charge in [0.25, 0.3) is 0 Å². The molecule has 1 heterocycles. The predicted molar refractivity (Wildman–Crippen MR) is 78.2 cm³/mol. The normalized spacial score (nSPS) is 10.7. The van der Waals surface area contributed by atoms with E-state index in [1.54, 1.807) is 11.8 Å². The fourth-order valence-corrected chi connectivity index (χ4v) is 2.13. The lowest BCUT2D eigenvalue weighted by molar-refractivity contribution is 0.0595. The highest BCUT2D eigenvalue weighted by Crippen LogP contribution is 2.31. The molecule has 0 saturated carbocycles. The molecular weight excluding hydrogens is 270 g/mol. The van der Waals surface area contributed by atoms with E-state index in [2.05, 4.69) is 24.2 Å². The molecule has 0 aliphatic rings. The van der Waals surface area contributed by atoms with Crippen LogP contribution in [0.15, 0.2) is 24.3 Å². The van der Waals surface area contributed by atoms with Gasteiger partial charge in [-0.2, -0.15) is 0 Å². The van der Waals surface area contributed by atoms with Crippen LogP contribution in [0.5, 0.6) is 5.75 Å². The predicted octanol–water partition coefficient (Wildman–Crippen LogP) is 2.40. The van der Waals surface area contributed by atoms with Crippen LogP contribution in [0.1, 0.15) is 24.3 Å². The summed E-state index contributed by atoms with van der Waals surface area (Å²) in [7, 11) is 2.92. The van der Waals surface area contributed by atoms with Crippen molar-refractivity contribution in [3.05, 3.63) is 30.0 Å². The average molecular weight is 289 g/mol. The summed E-state index contributed by atoms with van der Waals surface area (Å²) >= 11 is 0. The van der Waals surface area contributed by atoms with Gasteiger partial charge < -0.3 is 9.47 Å². The molecule has 0 radical (unpaired) electrons. The zero-order valence-corrected chi connectivity index (χ0v) is 12.7. The van der Waals surface area contributed by atoms with E-state index < -0.39 is 5.97 Å². The summed E-state index contributed by atoms with van der Waals surface area (Å²) in [4.78, 5) is 11.9. The maximum Gasteiger partial charge on any atom is 0.360 e. The van der Waals surface area contributed by atoms with Gasteiger partial charge in [-0.05, 0) is 18.1 Å². The van der Waals surface area contributed by atoms with Crippen LogP contribution in [-0.2, 0) is 11.3 Å². The highest BCUT2D eigenvalue weighted by molar-refractivity contribution is 5.94. The van der Waals surface area contributed by atoms with Crippen LogP contribution in [-0.4, -0.2) is 35.2 Å². The first-order valence-corrected chi connectivity index (χ1v) is 6.73. The van der Waals surface area contributed by atoms with E-state index in [4.69, 9.17) is 9.47 Å².